The van der Waals surface area contributed by atoms with Crippen LogP contribution in [0.4, 0.5) is 5.95 Å². The van der Waals surface area contributed by atoms with Crippen molar-refractivity contribution < 1.29 is 0 Å². The van der Waals surface area contributed by atoms with Gasteiger partial charge in [-0.15, -0.1) is 0 Å². The van der Waals surface area contributed by atoms with Gasteiger partial charge in [0.25, 0.3) is 5.56 Å². The van der Waals surface area contributed by atoms with Crippen LogP contribution in [0.3, 0.4) is 0 Å². The minimum Gasteiger partial charge on any atom is -0.340 e. The fraction of sp³-hybridized carbons (Fsp3) is 0.643. The smallest absolute Gasteiger partial charge is 0.332 e. The summed E-state index contributed by atoms with van der Waals surface area (Å²) in [5.41, 5.74) is 0.334. The lowest BCUT2D eigenvalue weighted by molar-refractivity contribution is 0.310. The Morgan fingerprint density at radius 1 is 1.00 bits per heavy atom. The van der Waals surface area contributed by atoms with Crippen molar-refractivity contribution in [1.82, 2.24) is 23.6 Å². The molecule has 22 heavy (non-hydrogen) atoms. The maximum absolute atomic E-state index is 12.5. The van der Waals surface area contributed by atoms with Crippen LogP contribution < -0.4 is 16.1 Å². The standard InChI is InChI=1S/C14H22N6O2/c1-5-20-10-11(17(3)14(22)18(4)12(10)21)15-13(20)19-8-6-16(2)7-9-19/h5-9H2,1-4H3. The highest BCUT2D eigenvalue weighted by Gasteiger charge is 2.23. The first kappa shape index (κ1) is 14.8. The van der Waals surface area contributed by atoms with E-state index < -0.39 is 0 Å². The highest BCUT2D eigenvalue weighted by Crippen LogP contribution is 2.20. The number of anilines is 1. The molecule has 8 nitrogen and oxygen atoms in total. The van der Waals surface area contributed by atoms with Crippen molar-refractivity contribution in [2.24, 2.45) is 14.1 Å². The van der Waals surface area contributed by atoms with Crippen molar-refractivity contribution in [3.8, 4) is 0 Å². The molecule has 0 spiro atoms. The molecule has 0 bridgehead atoms. The molecule has 0 aromatic carbocycles. The van der Waals surface area contributed by atoms with E-state index in [1.807, 2.05) is 11.5 Å². The maximum atomic E-state index is 12.5. The van der Waals surface area contributed by atoms with Gasteiger partial charge in [0.2, 0.25) is 5.95 Å². The van der Waals surface area contributed by atoms with Gasteiger partial charge in [0.1, 0.15) is 0 Å². The van der Waals surface area contributed by atoms with Gasteiger partial charge in [0.05, 0.1) is 0 Å². The van der Waals surface area contributed by atoms with Crippen LogP contribution in [0.5, 0.6) is 0 Å². The lowest BCUT2D eigenvalue weighted by Crippen LogP contribution is -2.45. The van der Waals surface area contributed by atoms with Crippen LogP contribution in [-0.2, 0) is 20.6 Å². The lowest BCUT2D eigenvalue weighted by atomic mass is 10.3. The first-order chi connectivity index (χ1) is 10.5. The van der Waals surface area contributed by atoms with Crippen molar-refractivity contribution in [1.29, 1.82) is 0 Å². The topological polar surface area (TPSA) is 68.3 Å². The van der Waals surface area contributed by atoms with Crippen LogP contribution in [0.15, 0.2) is 9.59 Å². The highest BCUT2D eigenvalue weighted by atomic mass is 16.2. The predicted octanol–water partition coefficient (Wildman–Crippen LogP) is -0.795. The largest absolute Gasteiger partial charge is 0.340 e. The van der Waals surface area contributed by atoms with E-state index in [1.54, 1.807) is 7.05 Å². The van der Waals surface area contributed by atoms with Gasteiger partial charge in [-0.05, 0) is 14.0 Å². The molecule has 120 valence electrons. The molecule has 0 saturated carbocycles. The second kappa shape index (κ2) is 5.28. The number of piperazine rings is 1. The average molecular weight is 306 g/mol. The van der Waals surface area contributed by atoms with E-state index in [4.69, 9.17) is 0 Å². The van der Waals surface area contributed by atoms with Crippen LogP contribution >= 0.6 is 0 Å². The molecule has 1 saturated heterocycles. The molecular formula is C14H22N6O2. The van der Waals surface area contributed by atoms with Gasteiger partial charge in [-0.3, -0.25) is 13.9 Å². The minimum atomic E-state index is -0.344. The van der Waals surface area contributed by atoms with Crippen molar-refractivity contribution in [3.05, 3.63) is 20.8 Å². The fourth-order valence-corrected chi connectivity index (χ4v) is 2.98. The molecule has 8 heteroatoms. The summed E-state index contributed by atoms with van der Waals surface area (Å²) in [6.07, 6.45) is 0. The minimum absolute atomic E-state index is 0.284. The number of nitrogens with zero attached hydrogens (tertiary/aromatic N) is 6. The zero-order valence-corrected chi connectivity index (χ0v) is 13.5. The molecular weight excluding hydrogens is 284 g/mol. The normalized spacial score (nSPS) is 16.6. The average Bonchev–Trinajstić information content (AvgIpc) is 2.91. The predicted molar refractivity (Wildman–Crippen MR) is 85.6 cm³/mol. The van der Waals surface area contributed by atoms with Gasteiger partial charge in [0, 0.05) is 46.8 Å². The molecule has 2 aromatic heterocycles. The molecule has 3 heterocycles. The third-order valence-corrected chi connectivity index (χ3v) is 4.43. The first-order valence-electron chi connectivity index (χ1n) is 7.55. The molecule has 1 fully saturated rings. The number of rotatable bonds is 2. The lowest BCUT2D eigenvalue weighted by Gasteiger charge is -2.33. The summed E-state index contributed by atoms with van der Waals surface area (Å²) in [6, 6.07) is 0. The summed E-state index contributed by atoms with van der Waals surface area (Å²) in [5, 5.41) is 0. The van der Waals surface area contributed by atoms with Crippen LogP contribution in [-0.4, -0.2) is 56.8 Å². The molecule has 1 aliphatic heterocycles. The molecule has 1 aliphatic rings. The van der Waals surface area contributed by atoms with Gasteiger partial charge in [0.15, 0.2) is 11.2 Å². The Kier molecular flexibility index (Phi) is 3.56. The van der Waals surface area contributed by atoms with Crippen molar-refractivity contribution in [2.75, 3.05) is 38.1 Å². The Hall–Kier alpha value is -2.09. The quantitative estimate of drug-likeness (QED) is 0.727. The summed E-state index contributed by atoms with van der Waals surface area (Å²) < 4.78 is 4.51. The molecule has 0 N–H and O–H groups in total. The second-order valence-electron chi connectivity index (χ2n) is 5.82. The van der Waals surface area contributed by atoms with Gasteiger partial charge in [-0.1, -0.05) is 0 Å². The number of fused-ring (bicyclic) bond motifs is 1. The SMILES string of the molecule is CCn1c(N2CCN(C)CC2)nc2c1c(=O)n(C)c(=O)n2C. The number of imidazole rings is 1. The monoisotopic (exact) mass is 306 g/mol. The van der Waals surface area contributed by atoms with Crippen molar-refractivity contribution in [3.63, 3.8) is 0 Å². The Labute approximate surface area is 128 Å². The molecule has 3 rings (SSSR count). The molecule has 0 atom stereocenters. The van der Waals surface area contributed by atoms with E-state index in [1.165, 1.54) is 11.6 Å². The third kappa shape index (κ3) is 2.06. The van der Waals surface area contributed by atoms with Crippen LogP contribution in [0.25, 0.3) is 11.2 Å². The van der Waals surface area contributed by atoms with Crippen LogP contribution in [0, 0.1) is 0 Å². The Balaban J connectivity index is 2.25. The maximum Gasteiger partial charge on any atom is 0.332 e. The Morgan fingerprint density at radius 2 is 1.64 bits per heavy atom. The van der Waals surface area contributed by atoms with Crippen molar-refractivity contribution >= 4 is 17.1 Å². The molecule has 0 amide bonds. The van der Waals surface area contributed by atoms with Gasteiger partial charge < -0.3 is 14.4 Å². The van der Waals surface area contributed by atoms with E-state index in [2.05, 4.69) is 21.8 Å². The number of aryl methyl sites for hydroxylation is 2. The fourth-order valence-electron chi connectivity index (χ4n) is 2.98. The van der Waals surface area contributed by atoms with Crippen molar-refractivity contribution in [2.45, 2.75) is 13.5 Å². The third-order valence-electron chi connectivity index (χ3n) is 4.43. The first-order valence-corrected chi connectivity index (χ1v) is 7.55. The number of hydrogen-bond donors (Lipinski definition) is 0. The van der Waals surface area contributed by atoms with E-state index in [9.17, 15) is 9.59 Å². The van der Waals surface area contributed by atoms with Crippen LogP contribution in [0.2, 0.25) is 0 Å². The van der Waals surface area contributed by atoms with Gasteiger partial charge in [-0.2, -0.15) is 4.98 Å². The summed E-state index contributed by atoms with van der Waals surface area (Å²) in [7, 11) is 5.26. The van der Waals surface area contributed by atoms with Gasteiger partial charge >= 0.3 is 5.69 Å². The Bertz CT molecular complexity index is 822. The van der Waals surface area contributed by atoms with E-state index in [0.717, 1.165) is 36.7 Å². The number of likely N-dealkylation sites (N-methyl/N-ethyl adjacent to an activating group) is 1. The summed E-state index contributed by atoms with van der Waals surface area (Å²) in [5.74, 6) is 0.781. The molecule has 0 unspecified atom stereocenters. The highest BCUT2D eigenvalue weighted by molar-refractivity contribution is 5.74. The summed E-state index contributed by atoms with van der Waals surface area (Å²) in [6.45, 7) is 6.30. The molecule has 0 aliphatic carbocycles. The Morgan fingerprint density at radius 3 is 2.23 bits per heavy atom. The summed E-state index contributed by atoms with van der Waals surface area (Å²) in [4.78, 5) is 33.6. The molecule has 0 radical (unpaired) electrons. The number of hydrogen-bond acceptors (Lipinski definition) is 5. The van der Waals surface area contributed by atoms with E-state index in [0.29, 0.717) is 17.7 Å². The second-order valence-corrected chi connectivity index (χ2v) is 5.82. The zero-order chi connectivity index (χ0) is 16.0. The molecule has 2 aromatic rings. The van der Waals surface area contributed by atoms with E-state index in [-0.39, 0.29) is 11.2 Å². The summed E-state index contributed by atoms with van der Waals surface area (Å²) >= 11 is 0. The number of aromatic nitrogens is 4. The zero-order valence-electron chi connectivity index (χ0n) is 13.5. The van der Waals surface area contributed by atoms with Gasteiger partial charge in [-0.25, -0.2) is 4.79 Å². The van der Waals surface area contributed by atoms with Crippen LogP contribution in [0.1, 0.15) is 6.92 Å². The van der Waals surface area contributed by atoms with E-state index >= 15 is 0 Å².